The molecule has 2 fully saturated rings. The first-order valence-electron chi connectivity index (χ1n) is 9.72. The number of nitrogens with one attached hydrogen (secondary N) is 2. The fourth-order valence-corrected chi connectivity index (χ4v) is 4.79. The Hall–Kier alpha value is -1.52. The first-order valence-corrected chi connectivity index (χ1v) is 11.6. The van der Waals surface area contributed by atoms with Crippen LogP contribution in [0.1, 0.15) is 5.56 Å². The van der Waals surface area contributed by atoms with Gasteiger partial charge in [-0.05, 0) is 23.9 Å². The van der Waals surface area contributed by atoms with Crippen LogP contribution in [0.4, 0.5) is 0 Å². The highest BCUT2D eigenvalue weighted by Crippen LogP contribution is 2.11. The van der Waals surface area contributed by atoms with E-state index < -0.39 is 10.0 Å². The summed E-state index contributed by atoms with van der Waals surface area (Å²) in [4.78, 5) is 3.58. The van der Waals surface area contributed by atoms with Crippen molar-refractivity contribution in [3.63, 3.8) is 0 Å². The second-order valence-electron chi connectivity index (χ2n) is 6.99. The number of quaternary nitrogens is 1. The molecule has 28 heavy (non-hydrogen) atoms. The Bertz CT molecular complexity index is 757. The van der Waals surface area contributed by atoms with Crippen LogP contribution in [0.25, 0.3) is 6.08 Å². The van der Waals surface area contributed by atoms with E-state index in [1.54, 1.807) is 6.08 Å². The van der Waals surface area contributed by atoms with Gasteiger partial charge in [0.2, 0.25) is 10.0 Å². The molecule has 1 aromatic rings. The summed E-state index contributed by atoms with van der Waals surface area (Å²) < 4.78 is 32.0. The predicted molar refractivity (Wildman–Crippen MR) is 115 cm³/mol. The zero-order valence-electron chi connectivity index (χ0n) is 16.0. The minimum atomic E-state index is -3.41. The first-order chi connectivity index (χ1) is 13.5. The van der Waals surface area contributed by atoms with Crippen molar-refractivity contribution in [3.8, 4) is 0 Å². The van der Waals surface area contributed by atoms with E-state index in [-0.39, 0.29) is 0 Å². The zero-order chi connectivity index (χ0) is 19.8. The first kappa shape index (κ1) is 21.2. The Morgan fingerprint density at radius 2 is 1.82 bits per heavy atom. The molecule has 7 nitrogen and oxygen atoms in total. The average molecular weight is 426 g/mol. The number of nitrogens with zero attached hydrogens (tertiary/aromatic N) is 2. The van der Waals surface area contributed by atoms with Crippen molar-refractivity contribution in [2.75, 3.05) is 65.6 Å². The lowest BCUT2D eigenvalue weighted by atomic mass is 10.2. The summed E-state index contributed by atoms with van der Waals surface area (Å²) in [6.07, 6.45) is 1.64. The Morgan fingerprint density at radius 3 is 2.50 bits per heavy atom. The molecular weight excluding hydrogens is 396 g/mol. The summed E-state index contributed by atoms with van der Waals surface area (Å²) in [5, 5.41) is 5.32. The Labute approximate surface area is 173 Å². The lowest BCUT2D eigenvalue weighted by molar-refractivity contribution is -0.906. The second-order valence-corrected chi connectivity index (χ2v) is 9.19. The second kappa shape index (κ2) is 10.3. The van der Waals surface area contributed by atoms with Crippen molar-refractivity contribution >= 4 is 33.4 Å². The van der Waals surface area contributed by atoms with Gasteiger partial charge in [-0.15, -0.1) is 0 Å². The van der Waals surface area contributed by atoms with E-state index in [1.165, 1.54) is 14.6 Å². The van der Waals surface area contributed by atoms with E-state index in [4.69, 9.17) is 17.0 Å². The average Bonchev–Trinajstić information content (AvgIpc) is 2.74. The number of benzene rings is 1. The van der Waals surface area contributed by atoms with Crippen LogP contribution >= 0.6 is 12.2 Å². The Balaban J connectivity index is 1.41. The molecule has 2 aliphatic heterocycles. The number of morpholine rings is 1. The molecule has 0 radical (unpaired) electrons. The third kappa shape index (κ3) is 6.25. The number of hydrogen-bond donors (Lipinski definition) is 2. The third-order valence-corrected chi connectivity index (χ3v) is 7.04. The van der Waals surface area contributed by atoms with E-state index in [9.17, 15) is 8.42 Å². The van der Waals surface area contributed by atoms with Crippen LogP contribution < -0.4 is 10.2 Å². The molecule has 0 atom stereocenters. The quantitative estimate of drug-likeness (QED) is 0.593. The highest BCUT2D eigenvalue weighted by Gasteiger charge is 2.26. The van der Waals surface area contributed by atoms with Crippen LogP contribution in [0, 0.1) is 0 Å². The molecule has 0 saturated carbocycles. The number of thiocarbonyl (C=S) groups is 1. The standard InChI is InChI=1S/C19H28N4O3S2/c24-28(25,17-6-18-4-2-1-3-5-18)23-11-9-22(10-12-23)19(27)20-7-8-21-13-15-26-16-14-21/h1-6,17H,7-16H2,(H,20,27)/p+1/b17-6+. The minimum absolute atomic E-state index is 0.442. The smallest absolute Gasteiger partial charge is 0.236 e. The Morgan fingerprint density at radius 1 is 1.14 bits per heavy atom. The maximum atomic E-state index is 12.5. The van der Waals surface area contributed by atoms with Crippen LogP contribution in [0.5, 0.6) is 0 Å². The normalized spacial score (nSPS) is 19.8. The maximum absolute atomic E-state index is 12.5. The van der Waals surface area contributed by atoms with Gasteiger partial charge in [0.15, 0.2) is 5.11 Å². The van der Waals surface area contributed by atoms with Crippen LogP contribution in [-0.2, 0) is 14.8 Å². The predicted octanol–water partition coefficient (Wildman–Crippen LogP) is -0.606. The van der Waals surface area contributed by atoms with Crippen LogP contribution in [-0.4, -0.2) is 88.3 Å². The number of ether oxygens (including phenoxy) is 1. The van der Waals surface area contributed by atoms with Crippen LogP contribution in [0.2, 0.25) is 0 Å². The third-order valence-electron chi connectivity index (χ3n) is 5.07. The molecule has 0 spiro atoms. The molecule has 2 heterocycles. The van der Waals surface area contributed by atoms with E-state index in [0.29, 0.717) is 31.3 Å². The van der Waals surface area contributed by atoms with Gasteiger partial charge < -0.3 is 19.9 Å². The minimum Gasteiger partial charge on any atom is -0.370 e. The monoisotopic (exact) mass is 425 g/mol. The van der Waals surface area contributed by atoms with Crippen molar-refractivity contribution in [2.45, 2.75) is 0 Å². The number of sulfonamides is 1. The van der Waals surface area contributed by atoms with E-state index >= 15 is 0 Å². The number of piperazine rings is 1. The van der Waals surface area contributed by atoms with Gasteiger partial charge in [0.05, 0.1) is 26.3 Å². The molecule has 1 aromatic carbocycles. The lowest BCUT2D eigenvalue weighted by Crippen LogP contribution is -3.14. The fourth-order valence-electron chi connectivity index (χ4n) is 3.33. The fraction of sp³-hybridized carbons (Fsp3) is 0.526. The molecule has 0 amide bonds. The SMILES string of the molecule is O=S(=O)(/C=C/c1ccccc1)N1CCN(C(=S)NCC[NH+]2CCOCC2)CC1. The lowest BCUT2D eigenvalue weighted by Gasteiger charge is -2.35. The van der Waals surface area contributed by atoms with Gasteiger partial charge in [-0.2, -0.15) is 4.31 Å². The molecule has 0 unspecified atom stereocenters. The molecule has 9 heteroatoms. The summed E-state index contributed by atoms with van der Waals surface area (Å²) in [7, 11) is -3.41. The van der Waals surface area contributed by atoms with Gasteiger partial charge in [-0.1, -0.05) is 30.3 Å². The highest BCUT2D eigenvalue weighted by atomic mass is 32.2. The molecule has 2 N–H and O–H groups in total. The van der Waals surface area contributed by atoms with Gasteiger partial charge in [-0.3, -0.25) is 0 Å². The molecule has 0 aromatic heterocycles. The van der Waals surface area contributed by atoms with Gasteiger partial charge in [0.25, 0.3) is 0 Å². The molecule has 154 valence electrons. The van der Waals surface area contributed by atoms with E-state index in [1.807, 2.05) is 30.3 Å². The van der Waals surface area contributed by atoms with Gasteiger partial charge >= 0.3 is 0 Å². The number of hydrogen-bond acceptors (Lipinski definition) is 4. The van der Waals surface area contributed by atoms with Crippen LogP contribution in [0.15, 0.2) is 35.7 Å². The van der Waals surface area contributed by atoms with Crippen LogP contribution in [0.3, 0.4) is 0 Å². The van der Waals surface area contributed by atoms with E-state index in [0.717, 1.165) is 45.0 Å². The highest BCUT2D eigenvalue weighted by molar-refractivity contribution is 7.92. The van der Waals surface area contributed by atoms with Crippen molar-refractivity contribution in [1.82, 2.24) is 14.5 Å². The summed E-state index contributed by atoms with van der Waals surface area (Å²) in [5.41, 5.74) is 0.873. The largest absolute Gasteiger partial charge is 0.370 e. The van der Waals surface area contributed by atoms with Crippen molar-refractivity contribution < 1.29 is 18.1 Å². The molecule has 0 bridgehead atoms. The van der Waals surface area contributed by atoms with Crippen molar-refractivity contribution in [3.05, 3.63) is 41.3 Å². The summed E-state index contributed by atoms with van der Waals surface area (Å²) in [6.45, 7) is 7.68. The van der Waals surface area contributed by atoms with Gasteiger partial charge in [0.1, 0.15) is 13.1 Å². The number of rotatable bonds is 6. The maximum Gasteiger partial charge on any atom is 0.236 e. The topological polar surface area (TPSA) is 66.3 Å². The summed E-state index contributed by atoms with van der Waals surface area (Å²) in [6, 6.07) is 9.45. The van der Waals surface area contributed by atoms with Crippen molar-refractivity contribution in [2.24, 2.45) is 0 Å². The molecule has 2 aliphatic rings. The summed E-state index contributed by atoms with van der Waals surface area (Å²) >= 11 is 5.49. The van der Waals surface area contributed by atoms with Crippen molar-refractivity contribution in [1.29, 1.82) is 0 Å². The molecule has 3 rings (SSSR count). The van der Waals surface area contributed by atoms with E-state index in [2.05, 4.69) is 10.2 Å². The van der Waals surface area contributed by atoms with Gasteiger partial charge in [-0.25, -0.2) is 8.42 Å². The molecule has 0 aliphatic carbocycles. The zero-order valence-corrected chi connectivity index (χ0v) is 17.7. The summed E-state index contributed by atoms with van der Waals surface area (Å²) in [5.74, 6) is 0. The Kier molecular flexibility index (Phi) is 7.81. The molecule has 2 saturated heterocycles. The van der Waals surface area contributed by atoms with Gasteiger partial charge in [0, 0.05) is 31.6 Å². The molecular formula is C19H29N4O3S2+.